The molecule has 5 nitrogen and oxygen atoms in total. The number of likely N-dealkylation sites (N-methyl/N-ethyl adjacent to an activating group) is 1. The van der Waals surface area contributed by atoms with Crippen molar-refractivity contribution < 1.29 is 13.2 Å². The molecule has 0 amide bonds. The number of piperidine rings is 1. The highest BCUT2D eigenvalue weighted by atomic mass is 19.4. The molecular weight excluding hydrogens is 355 g/mol. The van der Waals surface area contributed by atoms with Gasteiger partial charge < -0.3 is 4.90 Å². The van der Waals surface area contributed by atoms with Crippen LogP contribution in [0.4, 0.5) is 19.0 Å². The number of rotatable bonds is 4. The van der Waals surface area contributed by atoms with Crippen molar-refractivity contribution in [2.45, 2.75) is 31.6 Å². The van der Waals surface area contributed by atoms with Crippen LogP contribution in [0.15, 0.2) is 36.7 Å². The maximum absolute atomic E-state index is 12.9. The van der Waals surface area contributed by atoms with E-state index in [2.05, 4.69) is 20.9 Å². The first-order valence-electron chi connectivity index (χ1n) is 8.70. The fourth-order valence-corrected chi connectivity index (χ4v) is 3.37. The van der Waals surface area contributed by atoms with Crippen LogP contribution in [0.2, 0.25) is 0 Å². The number of hydrogen-bond donors (Lipinski definition) is 0. The van der Waals surface area contributed by atoms with Crippen molar-refractivity contribution in [2.24, 2.45) is 0 Å². The van der Waals surface area contributed by atoms with Crippen LogP contribution < -0.4 is 4.90 Å². The van der Waals surface area contributed by atoms with E-state index in [1.165, 1.54) is 0 Å². The van der Waals surface area contributed by atoms with Crippen LogP contribution in [0.1, 0.15) is 29.7 Å². The van der Waals surface area contributed by atoms with Gasteiger partial charge in [-0.1, -0.05) is 12.1 Å². The van der Waals surface area contributed by atoms with Gasteiger partial charge in [-0.25, -0.2) is 9.97 Å². The third kappa shape index (κ3) is 4.74. The lowest BCUT2D eigenvalue weighted by atomic mass is 10.0. The molecule has 1 aromatic carbocycles. The summed E-state index contributed by atoms with van der Waals surface area (Å²) in [5.41, 5.74) is 0.748. The monoisotopic (exact) mass is 375 g/mol. The molecule has 0 saturated carbocycles. The average molecular weight is 375 g/mol. The van der Waals surface area contributed by atoms with E-state index in [4.69, 9.17) is 5.26 Å². The molecule has 0 N–H and O–H groups in total. The Morgan fingerprint density at radius 1 is 1.30 bits per heavy atom. The van der Waals surface area contributed by atoms with Crippen molar-refractivity contribution >= 4 is 5.82 Å². The van der Waals surface area contributed by atoms with E-state index in [-0.39, 0.29) is 11.9 Å². The molecule has 1 atom stereocenters. The van der Waals surface area contributed by atoms with Crippen LogP contribution in [-0.4, -0.2) is 41.0 Å². The molecule has 2 aromatic rings. The molecule has 1 saturated heterocycles. The van der Waals surface area contributed by atoms with Gasteiger partial charge in [0.15, 0.2) is 0 Å². The zero-order valence-corrected chi connectivity index (χ0v) is 14.9. The molecule has 2 heterocycles. The first-order chi connectivity index (χ1) is 12.9. The normalized spacial score (nSPS) is 18.1. The molecular formula is C19H20F3N5. The van der Waals surface area contributed by atoms with Gasteiger partial charge in [0.1, 0.15) is 17.8 Å². The number of alkyl halides is 3. The molecule has 0 aliphatic carbocycles. The summed E-state index contributed by atoms with van der Waals surface area (Å²) in [6.07, 6.45) is -1.69. The average Bonchev–Trinajstić information content (AvgIpc) is 2.67. The Morgan fingerprint density at radius 3 is 2.85 bits per heavy atom. The second-order valence-electron chi connectivity index (χ2n) is 6.71. The van der Waals surface area contributed by atoms with Crippen molar-refractivity contribution in [1.29, 1.82) is 5.26 Å². The molecule has 0 radical (unpaired) electrons. The highest BCUT2D eigenvalue weighted by molar-refractivity contribution is 5.40. The van der Waals surface area contributed by atoms with E-state index in [1.54, 1.807) is 18.0 Å². The predicted octanol–water partition coefficient (Wildman–Crippen LogP) is 3.47. The molecule has 27 heavy (non-hydrogen) atoms. The number of nitriles is 1. The highest BCUT2D eigenvalue weighted by Crippen LogP contribution is 2.30. The Kier molecular flexibility index (Phi) is 5.61. The number of hydrogen-bond acceptors (Lipinski definition) is 5. The van der Waals surface area contributed by atoms with Gasteiger partial charge in [0.25, 0.3) is 0 Å². The second kappa shape index (κ2) is 7.92. The summed E-state index contributed by atoms with van der Waals surface area (Å²) < 4.78 is 38.7. The number of aromatic nitrogens is 2. The molecule has 1 fully saturated rings. The molecule has 0 bridgehead atoms. The summed E-state index contributed by atoms with van der Waals surface area (Å²) in [6.45, 7) is 2.34. The first kappa shape index (κ1) is 19.1. The highest BCUT2D eigenvalue weighted by Gasteiger charge is 2.33. The van der Waals surface area contributed by atoms with Gasteiger partial charge in [0.2, 0.25) is 0 Å². The second-order valence-corrected chi connectivity index (χ2v) is 6.71. The first-order valence-corrected chi connectivity index (χ1v) is 8.70. The van der Waals surface area contributed by atoms with E-state index >= 15 is 0 Å². The predicted molar refractivity (Wildman–Crippen MR) is 94.9 cm³/mol. The van der Waals surface area contributed by atoms with E-state index < -0.39 is 11.9 Å². The fourth-order valence-electron chi connectivity index (χ4n) is 3.37. The van der Waals surface area contributed by atoms with Gasteiger partial charge in [0.05, 0.1) is 11.6 Å². The van der Waals surface area contributed by atoms with E-state index in [0.29, 0.717) is 12.1 Å². The van der Waals surface area contributed by atoms with Crippen molar-refractivity contribution in [3.8, 4) is 6.07 Å². The lowest BCUT2D eigenvalue weighted by Gasteiger charge is -2.38. The van der Waals surface area contributed by atoms with Crippen LogP contribution in [0.3, 0.4) is 0 Å². The van der Waals surface area contributed by atoms with Gasteiger partial charge in [-0.05, 0) is 37.1 Å². The topological polar surface area (TPSA) is 56.1 Å². The molecule has 3 rings (SSSR count). The summed E-state index contributed by atoms with van der Waals surface area (Å²) in [5.74, 6) is 0.274. The Bertz CT molecular complexity index is 831. The molecule has 1 aliphatic heterocycles. The van der Waals surface area contributed by atoms with Crippen LogP contribution in [0.5, 0.6) is 0 Å². The zero-order valence-electron chi connectivity index (χ0n) is 14.9. The largest absolute Gasteiger partial charge is 0.433 e. The Labute approximate surface area is 156 Å². The molecule has 0 spiro atoms. The van der Waals surface area contributed by atoms with Gasteiger partial charge in [-0.2, -0.15) is 18.4 Å². The lowest BCUT2D eigenvalue weighted by molar-refractivity contribution is -0.141. The summed E-state index contributed by atoms with van der Waals surface area (Å²) in [7, 11) is 1.77. The minimum absolute atomic E-state index is 0.0638. The van der Waals surface area contributed by atoms with Crippen LogP contribution in [0, 0.1) is 11.3 Å². The number of nitrogens with zero attached hydrogens (tertiary/aromatic N) is 5. The van der Waals surface area contributed by atoms with Crippen molar-refractivity contribution in [3.63, 3.8) is 0 Å². The number of anilines is 1. The van der Waals surface area contributed by atoms with Gasteiger partial charge in [0, 0.05) is 32.2 Å². The van der Waals surface area contributed by atoms with Crippen molar-refractivity contribution in [3.05, 3.63) is 53.5 Å². The number of benzene rings is 1. The van der Waals surface area contributed by atoms with Gasteiger partial charge >= 0.3 is 6.18 Å². The standard InChI is InChI=1S/C19H20F3N5/c1-26(18-9-17(19(20,21)22)24-13-25-18)16-6-3-7-27(12-16)11-15-5-2-4-14(8-15)10-23/h2,4-5,8-9,13,16H,3,6-7,11-12H2,1H3. The quantitative estimate of drug-likeness (QED) is 0.819. The van der Waals surface area contributed by atoms with Crippen LogP contribution >= 0.6 is 0 Å². The maximum Gasteiger partial charge on any atom is 0.433 e. The minimum Gasteiger partial charge on any atom is -0.355 e. The van der Waals surface area contributed by atoms with E-state index in [0.717, 1.165) is 43.9 Å². The third-order valence-electron chi connectivity index (χ3n) is 4.80. The molecule has 1 aliphatic rings. The summed E-state index contributed by atoms with van der Waals surface area (Å²) in [4.78, 5) is 11.4. The summed E-state index contributed by atoms with van der Waals surface area (Å²) in [6, 6.07) is 10.7. The Balaban J connectivity index is 1.69. The molecule has 1 unspecified atom stereocenters. The van der Waals surface area contributed by atoms with E-state index in [1.807, 2.05) is 18.2 Å². The van der Waals surface area contributed by atoms with Gasteiger partial charge in [-0.15, -0.1) is 0 Å². The van der Waals surface area contributed by atoms with E-state index in [9.17, 15) is 13.2 Å². The molecule has 142 valence electrons. The molecule has 1 aromatic heterocycles. The summed E-state index contributed by atoms with van der Waals surface area (Å²) in [5, 5.41) is 9.03. The maximum atomic E-state index is 12.9. The number of halogens is 3. The SMILES string of the molecule is CN(c1cc(C(F)(F)F)ncn1)C1CCCN(Cc2cccc(C#N)c2)C1. The van der Waals surface area contributed by atoms with Gasteiger partial charge in [-0.3, -0.25) is 4.90 Å². The number of likely N-dealkylation sites (tertiary alicyclic amines) is 1. The zero-order chi connectivity index (χ0) is 19.4. The molecule has 8 heteroatoms. The lowest BCUT2D eigenvalue weighted by Crippen LogP contribution is -2.46. The van der Waals surface area contributed by atoms with Crippen molar-refractivity contribution in [1.82, 2.24) is 14.9 Å². The van der Waals surface area contributed by atoms with Crippen LogP contribution in [-0.2, 0) is 12.7 Å². The fraction of sp³-hybridized carbons (Fsp3) is 0.421. The minimum atomic E-state index is -4.48. The Morgan fingerprint density at radius 2 is 2.11 bits per heavy atom. The smallest absolute Gasteiger partial charge is 0.355 e. The summed E-state index contributed by atoms with van der Waals surface area (Å²) >= 11 is 0. The third-order valence-corrected chi connectivity index (χ3v) is 4.80. The Hall–Kier alpha value is -2.66. The van der Waals surface area contributed by atoms with Crippen molar-refractivity contribution in [2.75, 3.05) is 25.0 Å². The van der Waals surface area contributed by atoms with Crippen LogP contribution in [0.25, 0.3) is 0 Å².